The third kappa shape index (κ3) is 3.57. The van der Waals surface area contributed by atoms with Gasteiger partial charge < -0.3 is 20.3 Å². The van der Waals surface area contributed by atoms with E-state index in [1.165, 1.54) is 5.56 Å². The lowest BCUT2D eigenvalue weighted by Gasteiger charge is -2.33. The molecule has 3 amide bonds. The van der Waals surface area contributed by atoms with Crippen LogP contribution in [0.1, 0.15) is 24.0 Å². The smallest absolute Gasteiger partial charge is 0.315 e. The van der Waals surface area contributed by atoms with Crippen molar-refractivity contribution < 1.29 is 14.3 Å². The van der Waals surface area contributed by atoms with Crippen molar-refractivity contribution in [2.75, 3.05) is 19.6 Å². The van der Waals surface area contributed by atoms with Gasteiger partial charge in [0.1, 0.15) is 17.9 Å². The predicted octanol–water partition coefficient (Wildman–Crippen LogP) is 1.35. The average molecular weight is 317 g/mol. The zero-order valence-corrected chi connectivity index (χ0v) is 13.6. The first-order chi connectivity index (χ1) is 11.0. The van der Waals surface area contributed by atoms with Gasteiger partial charge in [0.25, 0.3) is 0 Å². The molecule has 1 atom stereocenters. The lowest BCUT2D eigenvalue weighted by Crippen LogP contribution is -2.49. The summed E-state index contributed by atoms with van der Waals surface area (Å²) >= 11 is 0. The van der Waals surface area contributed by atoms with Crippen molar-refractivity contribution in [2.45, 2.75) is 38.8 Å². The average Bonchev–Trinajstić information content (AvgIpc) is 2.97. The monoisotopic (exact) mass is 317 g/mol. The van der Waals surface area contributed by atoms with Crippen LogP contribution in [0.3, 0.4) is 0 Å². The molecule has 0 saturated carbocycles. The van der Waals surface area contributed by atoms with E-state index >= 15 is 0 Å². The number of hydrogen-bond donors (Lipinski definition) is 2. The van der Waals surface area contributed by atoms with Crippen LogP contribution in [0.4, 0.5) is 4.79 Å². The SMILES string of the molecule is Cc1ccc(C)c(OC2CCN(C(=O)C3CNC(=O)N3)CC2)c1. The molecule has 2 aliphatic heterocycles. The Labute approximate surface area is 136 Å². The Hall–Kier alpha value is -2.24. The Bertz CT molecular complexity index is 609. The van der Waals surface area contributed by atoms with Crippen LogP contribution in [-0.2, 0) is 4.79 Å². The normalized spacial score (nSPS) is 21.7. The number of nitrogens with one attached hydrogen (secondary N) is 2. The summed E-state index contributed by atoms with van der Waals surface area (Å²) in [5, 5.41) is 5.26. The first kappa shape index (κ1) is 15.6. The number of carbonyl (C=O) groups is 2. The van der Waals surface area contributed by atoms with Crippen molar-refractivity contribution in [2.24, 2.45) is 0 Å². The van der Waals surface area contributed by atoms with Crippen LogP contribution in [0.15, 0.2) is 18.2 Å². The largest absolute Gasteiger partial charge is 0.490 e. The first-order valence-electron chi connectivity index (χ1n) is 8.10. The number of rotatable bonds is 3. The standard InChI is InChI=1S/C17H23N3O3/c1-11-3-4-12(2)15(9-11)23-13-5-7-20(8-6-13)16(21)14-10-18-17(22)19-14/h3-4,9,13-14H,5-8,10H2,1-2H3,(H2,18,19,22). The highest BCUT2D eigenvalue weighted by Crippen LogP contribution is 2.24. The van der Waals surface area contributed by atoms with Crippen molar-refractivity contribution in [1.29, 1.82) is 0 Å². The van der Waals surface area contributed by atoms with Gasteiger partial charge in [0.2, 0.25) is 5.91 Å². The van der Waals surface area contributed by atoms with Crippen LogP contribution >= 0.6 is 0 Å². The van der Waals surface area contributed by atoms with Crippen molar-refractivity contribution in [3.8, 4) is 5.75 Å². The molecule has 0 aromatic heterocycles. The molecule has 1 unspecified atom stereocenters. The van der Waals surface area contributed by atoms with Gasteiger partial charge in [0.05, 0.1) is 0 Å². The van der Waals surface area contributed by atoms with E-state index in [2.05, 4.69) is 35.8 Å². The quantitative estimate of drug-likeness (QED) is 0.884. The predicted molar refractivity (Wildman–Crippen MR) is 86.5 cm³/mol. The zero-order valence-electron chi connectivity index (χ0n) is 13.6. The molecule has 2 heterocycles. The minimum atomic E-state index is -0.431. The number of benzene rings is 1. The van der Waals surface area contributed by atoms with E-state index < -0.39 is 6.04 Å². The van der Waals surface area contributed by atoms with Crippen molar-refractivity contribution >= 4 is 11.9 Å². The minimum Gasteiger partial charge on any atom is -0.490 e. The van der Waals surface area contributed by atoms with Crippen LogP contribution in [0.25, 0.3) is 0 Å². The van der Waals surface area contributed by atoms with Gasteiger partial charge in [0, 0.05) is 32.5 Å². The van der Waals surface area contributed by atoms with Crippen molar-refractivity contribution in [3.63, 3.8) is 0 Å². The van der Waals surface area contributed by atoms with Crippen molar-refractivity contribution in [3.05, 3.63) is 29.3 Å². The third-order valence-corrected chi connectivity index (χ3v) is 4.46. The minimum absolute atomic E-state index is 0.00599. The van der Waals surface area contributed by atoms with Crippen LogP contribution in [0.5, 0.6) is 5.75 Å². The molecule has 0 radical (unpaired) electrons. The highest BCUT2D eigenvalue weighted by molar-refractivity contribution is 5.90. The summed E-state index contributed by atoms with van der Waals surface area (Å²) in [6, 6.07) is 5.51. The fourth-order valence-electron chi connectivity index (χ4n) is 3.03. The molecule has 1 aromatic rings. The number of likely N-dealkylation sites (tertiary alicyclic amines) is 1. The fourth-order valence-corrected chi connectivity index (χ4v) is 3.03. The molecule has 2 aliphatic rings. The van der Waals surface area contributed by atoms with Gasteiger partial charge in [-0.05, 0) is 31.0 Å². The molecule has 0 spiro atoms. The molecule has 124 valence electrons. The molecule has 2 N–H and O–H groups in total. The maximum atomic E-state index is 12.3. The van der Waals surface area contributed by atoms with E-state index in [1.807, 2.05) is 11.8 Å². The van der Waals surface area contributed by atoms with Crippen LogP contribution in [-0.4, -0.2) is 48.6 Å². The number of ether oxygens (including phenoxy) is 1. The third-order valence-electron chi connectivity index (χ3n) is 4.46. The number of hydrogen-bond acceptors (Lipinski definition) is 3. The van der Waals surface area contributed by atoms with Gasteiger partial charge >= 0.3 is 6.03 Å². The van der Waals surface area contributed by atoms with E-state index in [1.54, 1.807) is 0 Å². The van der Waals surface area contributed by atoms with Gasteiger partial charge in [-0.25, -0.2) is 4.79 Å². The van der Waals surface area contributed by atoms with Crippen LogP contribution < -0.4 is 15.4 Å². The zero-order chi connectivity index (χ0) is 16.4. The Kier molecular flexibility index (Phi) is 4.41. The molecule has 6 nitrogen and oxygen atoms in total. The molecule has 3 rings (SSSR count). The highest BCUT2D eigenvalue weighted by atomic mass is 16.5. The van der Waals surface area contributed by atoms with Gasteiger partial charge in [-0.2, -0.15) is 0 Å². The Morgan fingerprint density at radius 3 is 2.65 bits per heavy atom. The molecule has 6 heteroatoms. The van der Waals surface area contributed by atoms with Gasteiger partial charge in [-0.15, -0.1) is 0 Å². The molecular weight excluding hydrogens is 294 g/mol. The molecule has 23 heavy (non-hydrogen) atoms. The number of carbonyl (C=O) groups excluding carboxylic acids is 2. The summed E-state index contributed by atoms with van der Waals surface area (Å²) < 4.78 is 6.12. The van der Waals surface area contributed by atoms with E-state index in [9.17, 15) is 9.59 Å². The number of urea groups is 1. The Morgan fingerprint density at radius 2 is 2.00 bits per heavy atom. The summed E-state index contributed by atoms with van der Waals surface area (Å²) in [4.78, 5) is 25.3. The van der Waals surface area contributed by atoms with Gasteiger partial charge in [0.15, 0.2) is 0 Å². The topological polar surface area (TPSA) is 70.7 Å². The molecule has 1 aromatic carbocycles. The second-order valence-electron chi connectivity index (χ2n) is 6.32. The summed E-state index contributed by atoms with van der Waals surface area (Å²) in [5.74, 6) is 0.926. The summed E-state index contributed by atoms with van der Waals surface area (Å²) in [6.45, 7) is 5.80. The maximum absolute atomic E-state index is 12.3. The second kappa shape index (κ2) is 6.48. The van der Waals surface area contributed by atoms with Gasteiger partial charge in [-0.3, -0.25) is 4.79 Å². The molecule has 0 bridgehead atoms. The van der Waals surface area contributed by atoms with Crippen LogP contribution in [0.2, 0.25) is 0 Å². The van der Waals surface area contributed by atoms with E-state index in [-0.39, 0.29) is 18.0 Å². The molecule has 0 aliphatic carbocycles. The summed E-state index contributed by atoms with van der Waals surface area (Å²) in [6.07, 6.45) is 1.76. The van der Waals surface area contributed by atoms with E-state index in [0.29, 0.717) is 19.6 Å². The number of amides is 3. The van der Waals surface area contributed by atoms with E-state index in [0.717, 1.165) is 24.2 Å². The fraction of sp³-hybridized carbons (Fsp3) is 0.529. The lowest BCUT2D eigenvalue weighted by atomic mass is 10.1. The first-order valence-corrected chi connectivity index (χ1v) is 8.10. The Balaban J connectivity index is 1.53. The highest BCUT2D eigenvalue weighted by Gasteiger charge is 2.32. The van der Waals surface area contributed by atoms with Gasteiger partial charge in [-0.1, -0.05) is 12.1 Å². The number of aryl methyl sites for hydroxylation is 2. The number of piperidine rings is 1. The van der Waals surface area contributed by atoms with Crippen LogP contribution in [0, 0.1) is 13.8 Å². The summed E-state index contributed by atoms with van der Waals surface area (Å²) in [7, 11) is 0. The number of nitrogens with zero attached hydrogens (tertiary/aromatic N) is 1. The van der Waals surface area contributed by atoms with Crippen molar-refractivity contribution in [1.82, 2.24) is 15.5 Å². The Morgan fingerprint density at radius 1 is 1.26 bits per heavy atom. The second-order valence-corrected chi connectivity index (χ2v) is 6.32. The lowest BCUT2D eigenvalue weighted by molar-refractivity contribution is -0.134. The summed E-state index contributed by atoms with van der Waals surface area (Å²) in [5.41, 5.74) is 2.32. The molecule has 2 saturated heterocycles. The maximum Gasteiger partial charge on any atom is 0.315 e. The molecule has 2 fully saturated rings. The van der Waals surface area contributed by atoms with E-state index in [4.69, 9.17) is 4.74 Å². The molecular formula is C17H23N3O3.